The number of nitrogens with one attached hydrogen (secondary N) is 2. The largest absolute Gasteiger partial charge is 0.307 e. The molecular weight excluding hydrogens is 402 g/mol. The van der Waals surface area contributed by atoms with Crippen LogP contribution in [0.2, 0.25) is 0 Å². The summed E-state index contributed by atoms with van der Waals surface area (Å²) in [5.41, 5.74) is 1.34. The summed E-state index contributed by atoms with van der Waals surface area (Å²) in [5, 5.41) is 16.7. The Morgan fingerprint density at radius 2 is 2.15 bits per heavy atom. The van der Waals surface area contributed by atoms with Gasteiger partial charge in [-0.25, -0.2) is 4.98 Å². The molecule has 0 spiro atoms. The Balaban J connectivity index is 1.81. The minimum absolute atomic E-state index is 0.133. The van der Waals surface area contributed by atoms with E-state index in [1.807, 2.05) is 24.1 Å². The van der Waals surface area contributed by atoms with Gasteiger partial charge in [-0.2, -0.15) is 0 Å². The van der Waals surface area contributed by atoms with Crippen LogP contribution in [0.25, 0.3) is 0 Å². The molecule has 1 aromatic carbocycles. The van der Waals surface area contributed by atoms with Gasteiger partial charge >= 0.3 is 0 Å². The van der Waals surface area contributed by atoms with Gasteiger partial charge in [-0.05, 0) is 46.7 Å². The number of aromatic nitrogens is 1. The molecule has 0 saturated carbocycles. The number of likely N-dealkylation sites (N-methyl/N-ethyl adjacent to an activating group) is 1. The number of benzene rings is 1. The first-order valence-corrected chi connectivity index (χ1v) is 8.84. The zero-order valence-corrected chi connectivity index (χ0v) is 15.6. The van der Waals surface area contributed by atoms with Gasteiger partial charge in [0.15, 0.2) is 0 Å². The van der Waals surface area contributed by atoms with E-state index in [4.69, 9.17) is 0 Å². The molecule has 136 valence electrons. The van der Waals surface area contributed by atoms with Gasteiger partial charge in [0.05, 0.1) is 6.54 Å². The molecule has 2 aromatic rings. The Bertz CT molecular complexity index is 814. The molecule has 0 radical (unpaired) electrons. The fourth-order valence-electron chi connectivity index (χ4n) is 2.98. The highest BCUT2D eigenvalue weighted by molar-refractivity contribution is 9.10. The van der Waals surface area contributed by atoms with Crippen LogP contribution in [0.1, 0.15) is 22.0 Å². The van der Waals surface area contributed by atoms with Gasteiger partial charge in [0, 0.05) is 33.7 Å². The zero-order valence-electron chi connectivity index (χ0n) is 14.1. The van der Waals surface area contributed by atoms with Crippen LogP contribution in [-0.2, 0) is 0 Å². The summed E-state index contributed by atoms with van der Waals surface area (Å²) in [5.74, 6) is 0.191. The van der Waals surface area contributed by atoms with E-state index in [2.05, 4.69) is 31.5 Å². The molecule has 9 heteroatoms. The lowest BCUT2D eigenvalue weighted by Crippen LogP contribution is -2.54. The lowest BCUT2D eigenvalue weighted by Gasteiger charge is -2.35. The van der Waals surface area contributed by atoms with E-state index in [0.29, 0.717) is 17.9 Å². The summed E-state index contributed by atoms with van der Waals surface area (Å²) in [6, 6.07) is 10.6. The van der Waals surface area contributed by atoms with E-state index in [9.17, 15) is 14.9 Å². The Hall–Kier alpha value is -2.36. The molecule has 2 unspecified atom stereocenters. The van der Waals surface area contributed by atoms with E-state index in [1.54, 1.807) is 30.5 Å². The second-order valence-electron chi connectivity index (χ2n) is 6.07. The molecule has 2 N–H and O–H groups in total. The molecule has 2 heterocycles. The fourth-order valence-corrected chi connectivity index (χ4v) is 3.22. The maximum atomic E-state index is 12.7. The number of pyridine rings is 1. The van der Waals surface area contributed by atoms with Gasteiger partial charge in [0.2, 0.25) is 0 Å². The number of piperazine rings is 1. The highest BCUT2D eigenvalue weighted by Gasteiger charge is 2.34. The van der Waals surface area contributed by atoms with E-state index < -0.39 is 6.17 Å². The number of amides is 1. The predicted molar refractivity (Wildman–Crippen MR) is 100 cm³/mol. The van der Waals surface area contributed by atoms with Crippen molar-refractivity contribution in [3.63, 3.8) is 0 Å². The molecule has 0 bridgehead atoms. The number of rotatable bonds is 4. The standard InChI is InChI=1S/C17H18BrN5O3/c1-22-10-16(23(25)26)20-9-14(22)12-4-2-3-5-13(12)17(24)21-15-7-6-11(18)8-19-15/h2-8,14,16,20H,9-10H2,1H3,(H,19,21,24). The number of halogens is 1. The maximum absolute atomic E-state index is 12.7. The molecular formula is C17H18BrN5O3. The van der Waals surface area contributed by atoms with Crippen LogP contribution in [0.4, 0.5) is 5.82 Å². The molecule has 0 aliphatic carbocycles. The highest BCUT2D eigenvalue weighted by Crippen LogP contribution is 2.26. The van der Waals surface area contributed by atoms with Gasteiger partial charge in [0.25, 0.3) is 12.1 Å². The smallest absolute Gasteiger partial charge is 0.278 e. The van der Waals surface area contributed by atoms with Crippen LogP contribution in [-0.4, -0.2) is 47.0 Å². The molecule has 1 amide bonds. The first kappa shape index (κ1) is 18.4. The van der Waals surface area contributed by atoms with Crippen LogP contribution in [0.15, 0.2) is 47.1 Å². The summed E-state index contributed by atoms with van der Waals surface area (Å²) in [6.07, 6.45) is 0.808. The van der Waals surface area contributed by atoms with Gasteiger partial charge in [-0.1, -0.05) is 18.2 Å². The van der Waals surface area contributed by atoms with Crippen LogP contribution >= 0.6 is 15.9 Å². The monoisotopic (exact) mass is 419 g/mol. The predicted octanol–water partition coefficient (Wildman–Crippen LogP) is 2.28. The number of hydrogen-bond acceptors (Lipinski definition) is 6. The number of hydrogen-bond donors (Lipinski definition) is 2. The maximum Gasteiger partial charge on any atom is 0.278 e. The van der Waals surface area contributed by atoms with Crippen LogP contribution in [0, 0.1) is 10.1 Å². The van der Waals surface area contributed by atoms with Gasteiger partial charge < -0.3 is 5.32 Å². The van der Waals surface area contributed by atoms with Gasteiger partial charge in [-0.15, -0.1) is 0 Å². The molecule has 2 atom stereocenters. The van der Waals surface area contributed by atoms with Crippen LogP contribution in [0.5, 0.6) is 0 Å². The van der Waals surface area contributed by atoms with Crippen molar-refractivity contribution in [1.82, 2.24) is 15.2 Å². The highest BCUT2D eigenvalue weighted by atomic mass is 79.9. The second-order valence-corrected chi connectivity index (χ2v) is 6.98. The van der Waals surface area contributed by atoms with Crippen LogP contribution in [0.3, 0.4) is 0 Å². The van der Waals surface area contributed by atoms with E-state index in [0.717, 1.165) is 10.0 Å². The molecule has 1 fully saturated rings. The molecule has 1 saturated heterocycles. The third kappa shape index (κ3) is 4.06. The van der Waals surface area contributed by atoms with Crippen molar-refractivity contribution in [1.29, 1.82) is 0 Å². The third-order valence-electron chi connectivity index (χ3n) is 4.33. The Labute approximate surface area is 158 Å². The summed E-state index contributed by atoms with van der Waals surface area (Å²) >= 11 is 3.31. The van der Waals surface area contributed by atoms with Gasteiger partial charge in [0.1, 0.15) is 5.82 Å². The number of carbonyl (C=O) groups excluding carboxylic acids is 1. The average Bonchev–Trinajstić information content (AvgIpc) is 2.63. The fraction of sp³-hybridized carbons (Fsp3) is 0.294. The number of anilines is 1. The van der Waals surface area contributed by atoms with E-state index in [-0.39, 0.29) is 23.4 Å². The molecule has 26 heavy (non-hydrogen) atoms. The second kappa shape index (κ2) is 7.90. The Kier molecular flexibility index (Phi) is 5.60. The summed E-state index contributed by atoms with van der Waals surface area (Å²) in [6.45, 7) is 0.658. The first-order chi connectivity index (χ1) is 12.5. The molecule has 1 aliphatic rings. The number of nitrogens with zero attached hydrogens (tertiary/aromatic N) is 3. The lowest BCUT2D eigenvalue weighted by molar-refractivity contribution is -0.533. The quantitative estimate of drug-likeness (QED) is 0.582. The van der Waals surface area contributed by atoms with Crippen molar-refractivity contribution in [2.45, 2.75) is 12.2 Å². The Morgan fingerprint density at radius 1 is 1.38 bits per heavy atom. The van der Waals surface area contributed by atoms with E-state index >= 15 is 0 Å². The van der Waals surface area contributed by atoms with Crippen LogP contribution < -0.4 is 10.6 Å². The molecule has 3 rings (SSSR count). The number of nitro groups is 1. The summed E-state index contributed by atoms with van der Waals surface area (Å²) in [7, 11) is 1.83. The zero-order chi connectivity index (χ0) is 18.7. The third-order valence-corrected chi connectivity index (χ3v) is 4.80. The van der Waals surface area contributed by atoms with Crippen molar-refractivity contribution < 1.29 is 9.72 Å². The topological polar surface area (TPSA) is 100 Å². The minimum Gasteiger partial charge on any atom is -0.307 e. The summed E-state index contributed by atoms with van der Waals surface area (Å²) in [4.78, 5) is 29.4. The molecule has 1 aromatic heterocycles. The molecule has 8 nitrogen and oxygen atoms in total. The SMILES string of the molecule is CN1CC([N+](=O)[O-])NCC1c1ccccc1C(=O)Nc1ccc(Br)cn1. The number of carbonyl (C=O) groups is 1. The molecule has 1 aliphatic heterocycles. The first-order valence-electron chi connectivity index (χ1n) is 8.04. The van der Waals surface area contributed by atoms with Gasteiger partial charge in [-0.3, -0.25) is 25.1 Å². The van der Waals surface area contributed by atoms with Crippen molar-refractivity contribution in [3.05, 3.63) is 68.3 Å². The summed E-state index contributed by atoms with van der Waals surface area (Å²) < 4.78 is 0.825. The van der Waals surface area contributed by atoms with Crippen molar-refractivity contribution in [2.75, 3.05) is 25.5 Å². The van der Waals surface area contributed by atoms with Crippen molar-refractivity contribution in [3.8, 4) is 0 Å². The lowest BCUT2D eigenvalue weighted by atomic mass is 9.97. The average molecular weight is 420 g/mol. The minimum atomic E-state index is -0.802. The van der Waals surface area contributed by atoms with Crippen molar-refractivity contribution >= 4 is 27.7 Å². The Morgan fingerprint density at radius 3 is 2.81 bits per heavy atom. The normalized spacial score (nSPS) is 20.5. The van der Waals surface area contributed by atoms with E-state index in [1.165, 1.54) is 0 Å². The van der Waals surface area contributed by atoms with Crippen molar-refractivity contribution in [2.24, 2.45) is 0 Å².